The Bertz CT molecular complexity index is 456. The molecular weight excluding hydrogens is 252 g/mol. The Labute approximate surface area is 120 Å². The third-order valence-electron chi connectivity index (χ3n) is 3.90. The number of rotatable bonds is 4. The Hall–Kier alpha value is -1.39. The van der Waals surface area contributed by atoms with Gasteiger partial charge < -0.3 is 15.4 Å². The molecule has 1 amide bonds. The number of ether oxygens (including phenoxy) is 1. The van der Waals surface area contributed by atoms with E-state index < -0.39 is 0 Å². The number of hydrogen-bond donors (Lipinski definition) is 1. The van der Waals surface area contributed by atoms with Crippen molar-refractivity contribution in [2.45, 2.75) is 45.9 Å². The van der Waals surface area contributed by atoms with E-state index in [1.807, 2.05) is 49.9 Å². The van der Waals surface area contributed by atoms with E-state index >= 15 is 0 Å². The molecule has 0 spiro atoms. The zero-order valence-electron chi connectivity index (χ0n) is 12.5. The lowest BCUT2D eigenvalue weighted by molar-refractivity contribution is -0.124. The van der Waals surface area contributed by atoms with Crippen LogP contribution in [0, 0.1) is 5.92 Å². The van der Waals surface area contributed by atoms with E-state index in [-0.39, 0.29) is 24.0 Å². The van der Waals surface area contributed by atoms with E-state index in [1.165, 1.54) is 0 Å². The molecule has 0 bridgehead atoms. The Morgan fingerprint density at radius 1 is 1.40 bits per heavy atom. The van der Waals surface area contributed by atoms with Crippen molar-refractivity contribution in [2.75, 3.05) is 11.5 Å². The lowest BCUT2D eigenvalue weighted by atomic mass is 9.99. The highest BCUT2D eigenvalue weighted by atomic mass is 16.5. The largest absolute Gasteiger partial charge is 0.378 e. The summed E-state index contributed by atoms with van der Waals surface area (Å²) in [5, 5.41) is 0. The second kappa shape index (κ2) is 6.37. The monoisotopic (exact) mass is 276 g/mol. The van der Waals surface area contributed by atoms with Crippen LogP contribution in [0.2, 0.25) is 0 Å². The van der Waals surface area contributed by atoms with Gasteiger partial charge in [-0.25, -0.2) is 0 Å². The van der Waals surface area contributed by atoms with E-state index in [0.29, 0.717) is 13.2 Å². The van der Waals surface area contributed by atoms with Crippen molar-refractivity contribution in [3.63, 3.8) is 0 Å². The summed E-state index contributed by atoms with van der Waals surface area (Å²) in [6.45, 7) is 7.25. The fourth-order valence-corrected chi connectivity index (χ4v) is 2.71. The number of anilines is 1. The molecule has 1 aliphatic heterocycles. The standard InChI is InChI=1S/C16H24N2O2/c1-11(2)18(14-6-4-13(10-17)5-7-14)16(19)15-8-9-20-12(15)3/h4-7,11-12,15H,8-10,17H2,1-3H3. The minimum atomic E-state index is -0.0356. The van der Waals surface area contributed by atoms with Crippen LogP contribution in [0.15, 0.2) is 24.3 Å². The van der Waals surface area contributed by atoms with Crippen molar-refractivity contribution in [3.8, 4) is 0 Å². The third kappa shape index (κ3) is 3.02. The predicted molar refractivity (Wildman–Crippen MR) is 80.5 cm³/mol. The first-order valence-corrected chi connectivity index (χ1v) is 7.28. The smallest absolute Gasteiger partial charge is 0.233 e. The molecule has 4 nitrogen and oxygen atoms in total. The van der Waals surface area contributed by atoms with Crippen molar-refractivity contribution in [1.82, 2.24) is 0 Å². The van der Waals surface area contributed by atoms with Gasteiger partial charge in [-0.15, -0.1) is 0 Å². The van der Waals surface area contributed by atoms with Crippen LogP contribution in [0.5, 0.6) is 0 Å². The maximum Gasteiger partial charge on any atom is 0.233 e. The average Bonchev–Trinajstić information content (AvgIpc) is 2.85. The molecule has 20 heavy (non-hydrogen) atoms. The molecule has 1 fully saturated rings. The number of amides is 1. The highest BCUT2D eigenvalue weighted by molar-refractivity contribution is 5.96. The first-order valence-electron chi connectivity index (χ1n) is 7.28. The minimum Gasteiger partial charge on any atom is -0.378 e. The van der Waals surface area contributed by atoms with Crippen LogP contribution in [0.4, 0.5) is 5.69 Å². The lowest BCUT2D eigenvalue weighted by Crippen LogP contribution is -2.43. The molecule has 1 heterocycles. The van der Waals surface area contributed by atoms with Gasteiger partial charge in [0.1, 0.15) is 0 Å². The molecule has 0 radical (unpaired) electrons. The van der Waals surface area contributed by atoms with Gasteiger partial charge in [-0.05, 0) is 44.9 Å². The first-order chi connectivity index (χ1) is 9.54. The Morgan fingerprint density at radius 3 is 2.50 bits per heavy atom. The number of hydrogen-bond acceptors (Lipinski definition) is 3. The van der Waals surface area contributed by atoms with Gasteiger partial charge in [0.25, 0.3) is 0 Å². The van der Waals surface area contributed by atoms with Gasteiger partial charge in [0.05, 0.1) is 12.0 Å². The van der Waals surface area contributed by atoms with Crippen molar-refractivity contribution in [3.05, 3.63) is 29.8 Å². The number of carbonyl (C=O) groups is 1. The number of nitrogens with two attached hydrogens (primary N) is 1. The van der Waals surface area contributed by atoms with E-state index in [1.54, 1.807) is 0 Å². The summed E-state index contributed by atoms with van der Waals surface area (Å²) in [4.78, 5) is 14.6. The molecule has 1 saturated heterocycles. The minimum absolute atomic E-state index is 0.00654. The molecule has 1 aromatic carbocycles. The fraction of sp³-hybridized carbons (Fsp3) is 0.562. The van der Waals surface area contributed by atoms with Gasteiger partial charge >= 0.3 is 0 Å². The van der Waals surface area contributed by atoms with Gasteiger partial charge in [-0.1, -0.05) is 12.1 Å². The van der Waals surface area contributed by atoms with Crippen LogP contribution in [-0.2, 0) is 16.1 Å². The van der Waals surface area contributed by atoms with Crippen molar-refractivity contribution in [1.29, 1.82) is 0 Å². The highest BCUT2D eigenvalue weighted by Crippen LogP contribution is 2.27. The van der Waals surface area contributed by atoms with Crippen LogP contribution in [0.25, 0.3) is 0 Å². The second-order valence-electron chi connectivity index (χ2n) is 5.64. The summed E-state index contributed by atoms with van der Waals surface area (Å²) in [7, 11) is 0. The molecule has 0 aliphatic carbocycles. The summed E-state index contributed by atoms with van der Waals surface area (Å²) in [6.07, 6.45) is 0.816. The number of carbonyl (C=O) groups excluding carboxylic acids is 1. The van der Waals surface area contributed by atoms with Gasteiger partial charge in [0, 0.05) is 24.9 Å². The first kappa shape index (κ1) is 15.0. The van der Waals surface area contributed by atoms with Crippen molar-refractivity contribution >= 4 is 11.6 Å². The SMILES string of the molecule is CC1OCCC1C(=O)N(c1ccc(CN)cc1)C(C)C. The van der Waals surface area contributed by atoms with Crippen molar-refractivity contribution < 1.29 is 9.53 Å². The van der Waals surface area contributed by atoms with Crippen molar-refractivity contribution in [2.24, 2.45) is 11.7 Å². The maximum absolute atomic E-state index is 12.8. The summed E-state index contributed by atoms with van der Waals surface area (Å²) >= 11 is 0. The molecule has 2 atom stereocenters. The fourth-order valence-electron chi connectivity index (χ4n) is 2.71. The zero-order chi connectivity index (χ0) is 14.7. The van der Waals surface area contributed by atoms with Crippen LogP contribution in [0.1, 0.15) is 32.8 Å². The normalized spacial score (nSPS) is 22.2. The number of nitrogens with zero attached hydrogens (tertiary/aromatic N) is 1. The van der Waals surface area contributed by atoms with Crippen LogP contribution >= 0.6 is 0 Å². The molecule has 1 aromatic rings. The molecule has 2 unspecified atom stereocenters. The molecule has 2 rings (SSSR count). The van der Waals surface area contributed by atoms with Gasteiger partial charge in [-0.3, -0.25) is 4.79 Å². The Morgan fingerprint density at radius 2 is 2.05 bits per heavy atom. The van der Waals surface area contributed by atoms with Gasteiger partial charge in [0.2, 0.25) is 5.91 Å². The maximum atomic E-state index is 12.8. The number of benzene rings is 1. The average molecular weight is 276 g/mol. The van der Waals surface area contributed by atoms with E-state index in [0.717, 1.165) is 17.7 Å². The third-order valence-corrected chi connectivity index (χ3v) is 3.90. The summed E-state index contributed by atoms with van der Waals surface area (Å²) < 4.78 is 5.52. The van der Waals surface area contributed by atoms with Crippen LogP contribution in [-0.4, -0.2) is 24.7 Å². The summed E-state index contributed by atoms with van der Waals surface area (Å²) in [6, 6.07) is 8.03. The lowest BCUT2D eigenvalue weighted by Gasteiger charge is -2.30. The molecule has 2 N–H and O–H groups in total. The van der Waals surface area contributed by atoms with E-state index in [9.17, 15) is 4.79 Å². The molecule has 0 saturated carbocycles. The molecule has 110 valence electrons. The highest BCUT2D eigenvalue weighted by Gasteiger charge is 2.35. The van der Waals surface area contributed by atoms with E-state index in [2.05, 4.69) is 0 Å². The predicted octanol–water partition coefficient (Wildman–Crippen LogP) is 2.31. The molecule has 1 aliphatic rings. The van der Waals surface area contributed by atoms with Crippen LogP contribution in [0.3, 0.4) is 0 Å². The van der Waals surface area contributed by atoms with E-state index in [4.69, 9.17) is 10.5 Å². The molecular formula is C16H24N2O2. The van der Waals surface area contributed by atoms with Crippen LogP contribution < -0.4 is 10.6 Å². The topological polar surface area (TPSA) is 55.6 Å². The van der Waals surface area contributed by atoms with Gasteiger partial charge in [0.15, 0.2) is 0 Å². The Balaban J connectivity index is 2.23. The zero-order valence-corrected chi connectivity index (χ0v) is 12.5. The second-order valence-corrected chi connectivity index (χ2v) is 5.64. The quantitative estimate of drug-likeness (QED) is 0.918. The molecule has 0 aromatic heterocycles. The summed E-state index contributed by atoms with van der Waals surface area (Å²) in [5.41, 5.74) is 7.62. The Kier molecular flexibility index (Phi) is 4.78. The molecule has 4 heteroatoms. The summed E-state index contributed by atoms with van der Waals surface area (Å²) in [5.74, 6) is 0.122. The van der Waals surface area contributed by atoms with Gasteiger partial charge in [-0.2, -0.15) is 0 Å².